The fourth-order valence-electron chi connectivity index (χ4n) is 1.95. The number of nitrogens with one attached hydrogen (secondary N) is 2. The van der Waals surface area contributed by atoms with Crippen LogP contribution in [0.15, 0.2) is 42.6 Å². The summed E-state index contributed by atoms with van der Waals surface area (Å²) in [5.74, 6) is -0.132. The first-order chi connectivity index (χ1) is 10.6. The van der Waals surface area contributed by atoms with Crippen molar-refractivity contribution in [3.05, 3.63) is 59.5 Å². The lowest BCUT2D eigenvalue weighted by molar-refractivity contribution is 0.0955. The summed E-state index contributed by atoms with van der Waals surface area (Å²) in [6.45, 7) is 2.51. The average Bonchev–Trinajstić information content (AvgIpc) is 2.54. The molecule has 1 unspecified atom stereocenters. The molecule has 0 aliphatic carbocycles. The number of amides is 1. The maximum Gasteiger partial charge on any atom is 0.252 e. The molecule has 1 amide bonds. The lowest BCUT2D eigenvalue weighted by Crippen LogP contribution is -2.22. The minimum atomic E-state index is -0.980. The van der Waals surface area contributed by atoms with Crippen molar-refractivity contribution < 1.29 is 14.3 Å². The number of aromatic nitrogens is 1. The summed E-state index contributed by atoms with van der Waals surface area (Å²) in [6, 6.07) is 9.35. The Hall–Kier alpha value is -2.47. The first kappa shape index (κ1) is 15.9. The van der Waals surface area contributed by atoms with Crippen LogP contribution in [-0.2, 0) is 0 Å². The number of aliphatic hydroxyl groups excluding tert-OH is 1. The number of halogens is 1. The number of pyridine rings is 1. The van der Waals surface area contributed by atoms with Crippen LogP contribution in [0, 0.1) is 5.82 Å². The number of benzene rings is 1. The maximum absolute atomic E-state index is 13.5. The molecule has 0 saturated heterocycles. The number of carbonyl (C=O) groups is 1. The van der Waals surface area contributed by atoms with Crippen molar-refractivity contribution in [2.75, 3.05) is 18.4 Å². The molecule has 0 aliphatic heterocycles. The topological polar surface area (TPSA) is 74.2 Å². The van der Waals surface area contributed by atoms with E-state index in [0.29, 0.717) is 17.9 Å². The second-order valence-electron chi connectivity index (χ2n) is 4.71. The molecular formula is C16H18FN3O2. The van der Waals surface area contributed by atoms with Crippen LogP contribution in [0.1, 0.15) is 28.9 Å². The van der Waals surface area contributed by atoms with E-state index in [0.717, 1.165) is 0 Å². The number of anilines is 1. The van der Waals surface area contributed by atoms with E-state index >= 15 is 0 Å². The first-order valence-electron chi connectivity index (χ1n) is 7.02. The molecule has 1 aromatic carbocycles. The summed E-state index contributed by atoms with van der Waals surface area (Å²) in [4.78, 5) is 15.7. The monoisotopic (exact) mass is 303 g/mol. The Morgan fingerprint density at radius 1 is 1.32 bits per heavy atom. The molecule has 0 radical (unpaired) electrons. The van der Waals surface area contributed by atoms with Gasteiger partial charge in [0.2, 0.25) is 0 Å². The van der Waals surface area contributed by atoms with E-state index in [1.807, 2.05) is 6.92 Å². The van der Waals surface area contributed by atoms with Crippen LogP contribution in [0.4, 0.5) is 10.2 Å². The Labute approximate surface area is 128 Å². The molecular weight excluding hydrogens is 285 g/mol. The lowest BCUT2D eigenvalue weighted by Gasteiger charge is -2.13. The minimum absolute atomic E-state index is 0.119. The zero-order valence-electron chi connectivity index (χ0n) is 12.2. The number of aliphatic hydroxyl groups is 1. The van der Waals surface area contributed by atoms with Crippen molar-refractivity contribution in [3.8, 4) is 0 Å². The Morgan fingerprint density at radius 2 is 2.09 bits per heavy atom. The van der Waals surface area contributed by atoms with Crippen LogP contribution < -0.4 is 10.6 Å². The third-order valence-electron chi connectivity index (χ3n) is 3.10. The van der Waals surface area contributed by atoms with Crippen LogP contribution in [0.2, 0.25) is 0 Å². The van der Waals surface area contributed by atoms with Gasteiger partial charge in [0.1, 0.15) is 11.6 Å². The third-order valence-corrected chi connectivity index (χ3v) is 3.10. The van der Waals surface area contributed by atoms with E-state index < -0.39 is 11.9 Å². The number of rotatable bonds is 6. The van der Waals surface area contributed by atoms with Gasteiger partial charge < -0.3 is 15.7 Å². The highest BCUT2D eigenvalue weighted by Gasteiger charge is 2.12. The molecule has 2 rings (SSSR count). The summed E-state index contributed by atoms with van der Waals surface area (Å²) in [6.07, 6.45) is 0.467. The molecule has 1 atom stereocenters. The molecule has 5 nitrogen and oxygen atoms in total. The van der Waals surface area contributed by atoms with Crippen LogP contribution in [-0.4, -0.2) is 29.1 Å². The molecule has 6 heteroatoms. The fourth-order valence-corrected chi connectivity index (χ4v) is 1.95. The molecule has 0 bridgehead atoms. The van der Waals surface area contributed by atoms with Crippen LogP contribution in [0.3, 0.4) is 0 Å². The Morgan fingerprint density at radius 3 is 2.73 bits per heavy atom. The van der Waals surface area contributed by atoms with Gasteiger partial charge in [-0.05, 0) is 25.1 Å². The Balaban J connectivity index is 1.94. The van der Waals surface area contributed by atoms with E-state index in [-0.39, 0.29) is 18.0 Å². The van der Waals surface area contributed by atoms with Crippen molar-refractivity contribution in [1.82, 2.24) is 10.3 Å². The van der Waals surface area contributed by atoms with Crippen molar-refractivity contribution in [2.45, 2.75) is 13.0 Å². The van der Waals surface area contributed by atoms with Gasteiger partial charge in [-0.25, -0.2) is 9.37 Å². The highest BCUT2D eigenvalue weighted by atomic mass is 19.1. The normalized spacial score (nSPS) is 11.8. The van der Waals surface area contributed by atoms with Crippen LogP contribution in [0.5, 0.6) is 0 Å². The summed E-state index contributed by atoms with van der Waals surface area (Å²) in [5, 5.41) is 15.6. The summed E-state index contributed by atoms with van der Waals surface area (Å²) in [7, 11) is 0. The predicted octanol–water partition coefficient (Wildman–Crippen LogP) is 2.12. The largest absolute Gasteiger partial charge is 0.386 e. The summed E-state index contributed by atoms with van der Waals surface area (Å²) < 4.78 is 13.5. The molecule has 3 N–H and O–H groups in total. The lowest BCUT2D eigenvalue weighted by atomic mass is 10.1. The zero-order valence-corrected chi connectivity index (χ0v) is 12.2. The quantitative estimate of drug-likeness (QED) is 0.764. The molecule has 0 spiro atoms. The van der Waals surface area contributed by atoms with E-state index in [2.05, 4.69) is 15.6 Å². The SMILES string of the molecule is CCNC(=O)c1ccc(NCC(O)c2ccccc2F)nc1. The molecule has 1 aromatic heterocycles. The molecule has 2 aromatic rings. The molecule has 1 heterocycles. The second kappa shape index (κ2) is 7.51. The van der Waals surface area contributed by atoms with Crippen molar-refractivity contribution in [2.24, 2.45) is 0 Å². The number of hydrogen-bond donors (Lipinski definition) is 3. The van der Waals surface area contributed by atoms with Gasteiger partial charge in [-0.1, -0.05) is 18.2 Å². The van der Waals surface area contributed by atoms with Gasteiger partial charge >= 0.3 is 0 Å². The van der Waals surface area contributed by atoms with E-state index in [1.165, 1.54) is 18.3 Å². The van der Waals surface area contributed by atoms with Gasteiger partial charge in [0, 0.05) is 24.8 Å². The number of hydrogen-bond acceptors (Lipinski definition) is 4. The molecule has 0 fully saturated rings. The predicted molar refractivity (Wildman–Crippen MR) is 82.1 cm³/mol. The van der Waals surface area contributed by atoms with Crippen molar-refractivity contribution in [3.63, 3.8) is 0 Å². The highest BCUT2D eigenvalue weighted by molar-refractivity contribution is 5.93. The van der Waals surface area contributed by atoms with Crippen LogP contribution in [0.25, 0.3) is 0 Å². The fraction of sp³-hybridized carbons (Fsp3) is 0.250. The van der Waals surface area contributed by atoms with E-state index in [4.69, 9.17) is 0 Å². The van der Waals surface area contributed by atoms with Crippen molar-refractivity contribution in [1.29, 1.82) is 0 Å². The molecule has 0 saturated carbocycles. The van der Waals surface area contributed by atoms with Gasteiger partial charge in [-0.3, -0.25) is 4.79 Å². The van der Waals surface area contributed by atoms with Crippen molar-refractivity contribution >= 4 is 11.7 Å². The van der Waals surface area contributed by atoms with Gasteiger partial charge in [0.05, 0.1) is 11.7 Å². The number of carbonyl (C=O) groups excluding carboxylic acids is 1. The molecule has 116 valence electrons. The van der Waals surface area contributed by atoms with E-state index in [9.17, 15) is 14.3 Å². The zero-order chi connectivity index (χ0) is 15.9. The minimum Gasteiger partial charge on any atom is -0.386 e. The molecule has 22 heavy (non-hydrogen) atoms. The highest BCUT2D eigenvalue weighted by Crippen LogP contribution is 2.17. The Kier molecular flexibility index (Phi) is 5.43. The number of nitrogens with zero attached hydrogens (tertiary/aromatic N) is 1. The smallest absolute Gasteiger partial charge is 0.252 e. The summed E-state index contributed by atoms with van der Waals surface area (Å²) in [5.41, 5.74) is 0.691. The van der Waals surface area contributed by atoms with Gasteiger partial charge in [-0.15, -0.1) is 0 Å². The second-order valence-corrected chi connectivity index (χ2v) is 4.71. The maximum atomic E-state index is 13.5. The first-order valence-corrected chi connectivity index (χ1v) is 7.02. The average molecular weight is 303 g/mol. The van der Waals surface area contributed by atoms with Crippen LogP contribution >= 0.6 is 0 Å². The Bertz CT molecular complexity index is 632. The van der Waals surface area contributed by atoms with Gasteiger partial charge in [0.25, 0.3) is 5.91 Å². The molecule has 0 aliphatic rings. The van der Waals surface area contributed by atoms with E-state index in [1.54, 1.807) is 24.3 Å². The standard InChI is InChI=1S/C16H18FN3O2/c1-2-18-16(22)11-7-8-15(19-9-11)20-10-14(21)12-5-3-4-6-13(12)17/h3-9,14,21H,2,10H2,1H3,(H,18,22)(H,19,20). The summed E-state index contributed by atoms with van der Waals surface area (Å²) >= 11 is 0. The third kappa shape index (κ3) is 4.02. The van der Waals surface area contributed by atoms with Gasteiger partial charge in [0.15, 0.2) is 0 Å². The van der Waals surface area contributed by atoms with Gasteiger partial charge in [-0.2, -0.15) is 0 Å².